The number of nitrogens with zero attached hydrogens (tertiary/aromatic N) is 1. The molecule has 0 unspecified atom stereocenters. The summed E-state index contributed by atoms with van der Waals surface area (Å²) in [6.07, 6.45) is 0. The van der Waals surface area contributed by atoms with E-state index in [9.17, 15) is 0 Å². The third kappa shape index (κ3) is 2.93. The van der Waals surface area contributed by atoms with Crippen LogP contribution in [0.1, 0.15) is 30.9 Å². The summed E-state index contributed by atoms with van der Waals surface area (Å²) in [7, 11) is 2.15. The predicted molar refractivity (Wildman–Crippen MR) is 80.8 cm³/mol. The van der Waals surface area contributed by atoms with E-state index in [4.69, 9.17) is 10.5 Å². The van der Waals surface area contributed by atoms with Crippen molar-refractivity contribution in [2.75, 3.05) is 38.3 Å². The molecule has 0 amide bonds. The molecule has 1 aliphatic heterocycles. The molecule has 0 saturated carbocycles. The van der Waals surface area contributed by atoms with Crippen LogP contribution in [0, 0.1) is 12.3 Å². The van der Waals surface area contributed by atoms with Gasteiger partial charge in [-0.05, 0) is 30.0 Å². The fourth-order valence-corrected chi connectivity index (χ4v) is 2.65. The molecule has 0 aliphatic carbocycles. The number of hydrogen-bond donors (Lipinski definition) is 1. The first-order chi connectivity index (χ1) is 8.97. The van der Waals surface area contributed by atoms with Crippen LogP contribution < -0.4 is 10.6 Å². The van der Waals surface area contributed by atoms with Crippen molar-refractivity contribution in [3.8, 4) is 0 Å². The molecule has 1 saturated heterocycles. The second kappa shape index (κ2) is 5.51. The number of anilines is 1. The lowest BCUT2D eigenvalue weighted by Crippen LogP contribution is -2.54. The lowest BCUT2D eigenvalue weighted by Gasteiger charge is -2.43. The fraction of sp³-hybridized carbons (Fsp3) is 0.625. The van der Waals surface area contributed by atoms with Gasteiger partial charge in [-0.2, -0.15) is 0 Å². The van der Waals surface area contributed by atoms with Crippen molar-refractivity contribution < 1.29 is 4.74 Å². The normalized spacial score (nSPS) is 17.4. The number of hydrogen-bond acceptors (Lipinski definition) is 3. The van der Waals surface area contributed by atoms with E-state index in [1.807, 2.05) is 0 Å². The van der Waals surface area contributed by atoms with Crippen LogP contribution in [0.15, 0.2) is 18.2 Å². The van der Waals surface area contributed by atoms with Crippen LogP contribution in [0.5, 0.6) is 0 Å². The van der Waals surface area contributed by atoms with Gasteiger partial charge in [0.05, 0.1) is 13.2 Å². The van der Waals surface area contributed by atoms with E-state index in [0.717, 1.165) is 19.8 Å². The highest BCUT2D eigenvalue weighted by molar-refractivity contribution is 5.55. The SMILES string of the molecule is Cc1ccc(C(C)C)cc1N(C)CC1(CN)COC1. The molecular formula is C16H26N2O. The van der Waals surface area contributed by atoms with Crippen LogP contribution in [0.3, 0.4) is 0 Å². The Morgan fingerprint density at radius 2 is 2.05 bits per heavy atom. The molecule has 1 fully saturated rings. The van der Waals surface area contributed by atoms with Gasteiger partial charge in [-0.15, -0.1) is 0 Å². The van der Waals surface area contributed by atoms with Crippen LogP contribution in [-0.2, 0) is 4.74 Å². The summed E-state index contributed by atoms with van der Waals surface area (Å²) >= 11 is 0. The van der Waals surface area contributed by atoms with Crippen LogP contribution in [0.4, 0.5) is 5.69 Å². The second-order valence-corrected chi connectivity index (χ2v) is 6.25. The molecule has 0 atom stereocenters. The van der Waals surface area contributed by atoms with Gasteiger partial charge in [0.25, 0.3) is 0 Å². The average Bonchev–Trinajstić information content (AvgIpc) is 2.33. The molecule has 1 aromatic rings. The van der Waals surface area contributed by atoms with Gasteiger partial charge >= 0.3 is 0 Å². The molecule has 0 aromatic heterocycles. The summed E-state index contributed by atoms with van der Waals surface area (Å²) < 4.78 is 5.35. The van der Waals surface area contributed by atoms with E-state index in [1.54, 1.807) is 0 Å². The first-order valence-corrected chi connectivity index (χ1v) is 7.07. The first-order valence-electron chi connectivity index (χ1n) is 7.07. The zero-order chi connectivity index (χ0) is 14.0. The van der Waals surface area contributed by atoms with E-state index < -0.39 is 0 Å². The molecule has 1 aliphatic rings. The van der Waals surface area contributed by atoms with Crippen LogP contribution in [0.25, 0.3) is 0 Å². The quantitative estimate of drug-likeness (QED) is 0.886. The van der Waals surface area contributed by atoms with Gasteiger partial charge in [0.15, 0.2) is 0 Å². The van der Waals surface area contributed by atoms with Gasteiger partial charge in [0.1, 0.15) is 0 Å². The molecule has 3 nitrogen and oxygen atoms in total. The summed E-state index contributed by atoms with van der Waals surface area (Å²) in [5.41, 5.74) is 10.1. The lowest BCUT2D eigenvalue weighted by molar-refractivity contribution is -0.101. The van der Waals surface area contributed by atoms with E-state index in [-0.39, 0.29) is 5.41 Å². The van der Waals surface area contributed by atoms with Crippen molar-refractivity contribution in [2.45, 2.75) is 26.7 Å². The molecule has 3 heteroatoms. The highest BCUT2D eigenvalue weighted by Gasteiger charge is 2.38. The van der Waals surface area contributed by atoms with Crippen LogP contribution in [0.2, 0.25) is 0 Å². The maximum absolute atomic E-state index is 5.90. The second-order valence-electron chi connectivity index (χ2n) is 6.25. The van der Waals surface area contributed by atoms with Crippen molar-refractivity contribution in [2.24, 2.45) is 11.1 Å². The molecule has 1 heterocycles. The van der Waals surface area contributed by atoms with Crippen LogP contribution >= 0.6 is 0 Å². The number of rotatable bonds is 5. The minimum absolute atomic E-state index is 0.148. The maximum atomic E-state index is 5.90. The number of benzene rings is 1. The Labute approximate surface area is 116 Å². The third-order valence-corrected chi connectivity index (χ3v) is 4.13. The molecule has 2 rings (SSSR count). The Morgan fingerprint density at radius 3 is 2.53 bits per heavy atom. The molecule has 1 aromatic carbocycles. The highest BCUT2D eigenvalue weighted by Crippen LogP contribution is 2.31. The number of aryl methyl sites for hydroxylation is 1. The summed E-state index contributed by atoms with van der Waals surface area (Å²) in [4.78, 5) is 2.33. The molecule has 19 heavy (non-hydrogen) atoms. The van der Waals surface area contributed by atoms with Gasteiger partial charge < -0.3 is 15.4 Å². The van der Waals surface area contributed by atoms with E-state index >= 15 is 0 Å². The number of ether oxygens (including phenoxy) is 1. The Morgan fingerprint density at radius 1 is 1.37 bits per heavy atom. The largest absolute Gasteiger partial charge is 0.380 e. The zero-order valence-electron chi connectivity index (χ0n) is 12.6. The minimum atomic E-state index is 0.148. The summed E-state index contributed by atoms with van der Waals surface area (Å²) in [6, 6.07) is 6.75. The zero-order valence-corrected chi connectivity index (χ0v) is 12.6. The fourth-order valence-electron chi connectivity index (χ4n) is 2.65. The van der Waals surface area contributed by atoms with E-state index in [1.165, 1.54) is 16.8 Å². The molecular weight excluding hydrogens is 236 g/mol. The van der Waals surface area contributed by atoms with Crippen molar-refractivity contribution in [1.82, 2.24) is 0 Å². The molecule has 0 radical (unpaired) electrons. The minimum Gasteiger partial charge on any atom is -0.380 e. The summed E-state index contributed by atoms with van der Waals surface area (Å²) in [6.45, 7) is 9.87. The van der Waals surface area contributed by atoms with Gasteiger partial charge in [0.2, 0.25) is 0 Å². The van der Waals surface area contributed by atoms with Crippen molar-refractivity contribution in [1.29, 1.82) is 0 Å². The average molecular weight is 262 g/mol. The van der Waals surface area contributed by atoms with Gasteiger partial charge in [-0.1, -0.05) is 26.0 Å². The topological polar surface area (TPSA) is 38.5 Å². The summed E-state index contributed by atoms with van der Waals surface area (Å²) in [5, 5.41) is 0. The Hall–Kier alpha value is -1.06. The van der Waals surface area contributed by atoms with E-state index in [2.05, 4.69) is 50.9 Å². The standard InChI is InChI=1S/C16H26N2O/c1-12(2)14-6-5-13(3)15(7-14)18(4)9-16(8-17)10-19-11-16/h5-7,12H,8-11,17H2,1-4H3. The predicted octanol–water partition coefficient (Wildman–Crippen LogP) is 2.53. The van der Waals surface area contributed by atoms with Crippen molar-refractivity contribution in [3.05, 3.63) is 29.3 Å². The van der Waals surface area contributed by atoms with E-state index in [0.29, 0.717) is 12.5 Å². The van der Waals surface area contributed by atoms with Gasteiger partial charge in [-0.25, -0.2) is 0 Å². The maximum Gasteiger partial charge on any atom is 0.0574 e. The Balaban J connectivity index is 2.18. The summed E-state index contributed by atoms with van der Waals surface area (Å²) in [5.74, 6) is 0.559. The van der Waals surface area contributed by atoms with Crippen molar-refractivity contribution in [3.63, 3.8) is 0 Å². The molecule has 0 spiro atoms. The first kappa shape index (κ1) is 14.4. The molecule has 2 N–H and O–H groups in total. The number of nitrogens with two attached hydrogens (primary N) is 1. The smallest absolute Gasteiger partial charge is 0.0574 e. The monoisotopic (exact) mass is 262 g/mol. The molecule has 0 bridgehead atoms. The Bertz CT molecular complexity index is 433. The van der Waals surface area contributed by atoms with Gasteiger partial charge in [0, 0.05) is 31.2 Å². The Kier molecular flexibility index (Phi) is 4.16. The third-order valence-electron chi connectivity index (χ3n) is 4.13. The highest BCUT2D eigenvalue weighted by atomic mass is 16.5. The van der Waals surface area contributed by atoms with Crippen molar-refractivity contribution >= 4 is 5.69 Å². The molecule has 106 valence electrons. The lowest BCUT2D eigenvalue weighted by atomic mass is 9.85. The van der Waals surface area contributed by atoms with Crippen LogP contribution in [-0.4, -0.2) is 33.4 Å². The van der Waals surface area contributed by atoms with Gasteiger partial charge in [-0.3, -0.25) is 0 Å².